The summed E-state index contributed by atoms with van der Waals surface area (Å²) in [6.45, 7) is 0.453. The van der Waals surface area contributed by atoms with Crippen molar-refractivity contribution >= 4 is 15.9 Å². The number of hydrogen-bond donors (Lipinski definition) is 0. The molecule has 0 heterocycles. The van der Waals surface area contributed by atoms with Crippen LogP contribution in [0.5, 0.6) is 11.5 Å². The number of ether oxygens (including phenoxy) is 2. The first-order chi connectivity index (χ1) is 9.72. The van der Waals surface area contributed by atoms with Gasteiger partial charge in [-0.3, -0.25) is 0 Å². The van der Waals surface area contributed by atoms with E-state index in [0.717, 1.165) is 16.9 Å². The highest BCUT2D eigenvalue weighted by Gasteiger charge is 2.05. The summed E-state index contributed by atoms with van der Waals surface area (Å²) in [6.07, 6.45) is 0.680. The van der Waals surface area contributed by atoms with E-state index in [1.807, 2.05) is 30.3 Å². The molecule has 0 aliphatic rings. The van der Waals surface area contributed by atoms with Crippen LogP contribution in [0, 0.1) is 5.82 Å². The van der Waals surface area contributed by atoms with Crippen LogP contribution in [0.2, 0.25) is 0 Å². The minimum atomic E-state index is -0.322. The number of rotatable bonds is 6. The molecular formula is C16H16BrFO2. The number of alkyl halides is 1. The Bertz CT molecular complexity index is 555. The molecule has 0 saturated heterocycles. The van der Waals surface area contributed by atoms with Crippen molar-refractivity contribution in [3.63, 3.8) is 0 Å². The van der Waals surface area contributed by atoms with Crippen molar-refractivity contribution in [1.82, 2.24) is 0 Å². The predicted octanol–water partition coefficient (Wildman–Crippen LogP) is 4.20. The first kappa shape index (κ1) is 14.9. The first-order valence-corrected chi connectivity index (χ1v) is 7.45. The van der Waals surface area contributed by atoms with Crippen LogP contribution in [0.1, 0.15) is 11.1 Å². The fourth-order valence-corrected chi connectivity index (χ4v) is 2.06. The number of benzene rings is 2. The maximum absolute atomic E-state index is 13.8. The molecule has 0 N–H and O–H groups in total. The molecule has 0 amide bonds. The fourth-order valence-electron chi connectivity index (χ4n) is 1.90. The first-order valence-electron chi connectivity index (χ1n) is 6.33. The third-order valence-electron chi connectivity index (χ3n) is 2.90. The highest BCUT2D eigenvalue weighted by Crippen LogP contribution is 2.21. The Morgan fingerprint density at radius 2 is 1.75 bits per heavy atom. The molecule has 0 fully saturated rings. The summed E-state index contributed by atoms with van der Waals surface area (Å²) in [5.41, 5.74) is 2.03. The third kappa shape index (κ3) is 3.97. The average molecular weight is 339 g/mol. The molecule has 0 aliphatic carbocycles. The highest BCUT2D eigenvalue weighted by atomic mass is 79.9. The molecule has 0 radical (unpaired) electrons. The quantitative estimate of drug-likeness (QED) is 0.735. The lowest BCUT2D eigenvalue weighted by Crippen LogP contribution is -2.00. The van der Waals surface area contributed by atoms with Crippen LogP contribution in [0.15, 0.2) is 42.5 Å². The molecule has 0 bridgehead atoms. The minimum absolute atomic E-state index is 0.294. The second kappa shape index (κ2) is 7.29. The van der Waals surface area contributed by atoms with Crippen molar-refractivity contribution in [3.05, 3.63) is 59.4 Å². The lowest BCUT2D eigenvalue weighted by atomic mass is 10.0. The van der Waals surface area contributed by atoms with E-state index in [4.69, 9.17) is 9.47 Å². The summed E-state index contributed by atoms with van der Waals surface area (Å²) in [4.78, 5) is 0. The average Bonchev–Trinajstić information content (AvgIpc) is 2.47. The number of methoxy groups -OCH3 is 1. The smallest absolute Gasteiger partial charge is 0.165 e. The van der Waals surface area contributed by atoms with E-state index in [-0.39, 0.29) is 5.82 Å². The Morgan fingerprint density at radius 3 is 2.35 bits per heavy atom. The Morgan fingerprint density at radius 1 is 1.05 bits per heavy atom. The van der Waals surface area contributed by atoms with Crippen molar-refractivity contribution in [2.24, 2.45) is 0 Å². The van der Waals surface area contributed by atoms with E-state index in [9.17, 15) is 4.39 Å². The van der Waals surface area contributed by atoms with Gasteiger partial charge in [0.05, 0.1) is 13.7 Å². The summed E-state index contributed by atoms with van der Waals surface area (Å²) in [7, 11) is 1.63. The zero-order valence-electron chi connectivity index (χ0n) is 11.2. The van der Waals surface area contributed by atoms with Crippen LogP contribution >= 0.6 is 15.9 Å². The van der Waals surface area contributed by atoms with Crippen molar-refractivity contribution in [2.45, 2.75) is 6.42 Å². The predicted molar refractivity (Wildman–Crippen MR) is 81.5 cm³/mol. The zero-order valence-corrected chi connectivity index (χ0v) is 12.8. The molecule has 2 rings (SSSR count). The van der Waals surface area contributed by atoms with Crippen LogP contribution in [-0.4, -0.2) is 19.0 Å². The molecule has 2 aromatic carbocycles. The van der Waals surface area contributed by atoms with Gasteiger partial charge in [-0.05, 0) is 41.8 Å². The lowest BCUT2D eigenvalue weighted by molar-refractivity contribution is 0.325. The highest BCUT2D eigenvalue weighted by molar-refractivity contribution is 9.09. The van der Waals surface area contributed by atoms with Gasteiger partial charge in [-0.1, -0.05) is 34.1 Å². The van der Waals surface area contributed by atoms with E-state index in [0.29, 0.717) is 24.1 Å². The Labute approximate surface area is 126 Å². The maximum Gasteiger partial charge on any atom is 0.165 e. The van der Waals surface area contributed by atoms with Gasteiger partial charge in [0, 0.05) is 5.33 Å². The molecule has 0 aromatic heterocycles. The standard InChI is InChI=1S/C16H16BrFO2/c1-19-14-5-2-12(3-6-14)10-13-4-7-16(15(18)11-13)20-9-8-17/h2-7,11H,8-10H2,1H3. The van der Waals surface area contributed by atoms with Crippen LogP contribution in [0.3, 0.4) is 0 Å². The van der Waals surface area contributed by atoms with E-state index < -0.39 is 0 Å². The van der Waals surface area contributed by atoms with Crippen LogP contribution in [0.4, 0.5) is 4.39 Å². The van der Waals surface area contributed by atoms with Crippen molar-refractivity contribution in [1.29, 1.82) is 0 Å². The topological polar surface area (TPSA) is 18.5 Å². The minimum Gasteiger partial charge on any atom is -0.497 e. The van der Waals surface area contributed by atoms with Crippen LogP contribution in [0.25, 0.3) is 0 Å². The molecule has 106 valence electrons. The molecule has 2 nitrogen and oxygen atoms in total. The van der Waals surface area contributed by atoms with E-state index in [1.165, 1.54) is 6.07 Å². The molecule has 4 heteroatoms. The largest absolute Gasteiger partial charge is 0.497 e. The summed E-state index contributed by atoms with van der Waals surface area (Å²) in [5.74, 6) is 0.790. The van der Waals surface area contributed by atoms with Crippen molar-refractivity contribution in [3.8, 4) is 11.5 Å². The molecule has 0 spiro atoms. The van der Waals surface area contributed by atoms with Gasteiger partial charge in [0.15, 0.2) is 11.6 Å². The Balaban J connectivity index is 2.07. The molecule has 2 aromatic rings. The van der Waals surface area contributed by atoms with Gasteiger partial charge >= 0.3 is 0 Å². The van der Waals surface area contributed by atoms with E-state index in [2.05, 4.69) is 15.9 Å². The summed E-state index contributed by atoms with van der Waals surface area (Å²) >= 11 is 3.24. The van der Waals surface area contributed by atoms with E-state index >= 15 is 0 Å². The molecule has 0 saturated carbocycles. The summed E-state index contributed by atoms with van der Waals surface area (Å²) in [5, 5.41) is 0.681. The van der Waals surface area contributed by atoms with Gasteiger partial charge in [0.2, 0.25) is 0 Å². The van der Waals surface area contributed by atoms with Gasteiger partial charge < -0.3 is 9.47 Å². The number of hydrogen-bond acceptors (Lipinski definition) is 2. The second-order valence-electron chi connectivity index (χ2n) is 4.33. The van der Waals surface area contributed by atoms with Gasteiger partial charge in [-0.2, -0.15) is 0 Å². The fraction of sp³-hybridized carbons (Fsp3) is 0.250. The van der Waals surface area contributed by atoms with Gasteiger partial charge in [-0.25, -0.2) is 4.39 Å². The second-order valence-corrected chi connectivity index (χ2v) is 5.12. The molecule has 20 heavy (non-hydrogen) atoms. The Kier molecular flexibility index (Phi) is 5.41. The lowest BCUT2D eigenvalue weighted by Gasteiger charge is -2.08. The third-order valence-corrected chi connectivity index (χ3v) is 3.22. The van der Waals surface area contributed by atoms with Crippen molar-refractivity contribution in [2.75, 3.05) is 19.0 Å². The summed E-state index contributed by atoms with van der Waals surface area (Å²) < 4.78 is 24.2. The van der Waals surface area contributed by atoms with Gasteiger partial charge in [0.1, 0.15) is 5.75 Å². The molecule has 0 unspecified atom stereocenters. The van der Waals surface area contributed by atoms with Gasteiger partial charge in [-0.15, -0.1) is 0 Å². The zero-order chi connectivity index (χ0) is 14.4. The number of halogens is 2. The monoisotopic (exact) mass is 338 g/mol. The van der Waals surface area contributed by atoms with Gasteiger partial charge in [0.25, 0.3) is 0 Å². The summed E-state index contributed by atoms with van der Waals surface area (Å²) in [6, 6.07) is 12.8. The molecule has 0 atom stereocenters. The SMILES string of the molecule is COc1ccc(Cc2ccc(OCCBr)c(F)c2)cc1. The van der Waals surface area contributed by atoms with Crippen LogP contribution < -0.4 is 9.47 Å². The van der Waals surface area contributed by atoms with Crippen molar-refractivity contribution < 1.29 is 13.9 Å². The molecular weight excluding hydrogens is 323 g/mol. The Hall–Kier alpha value is -1.55. The normalized spacial score (nSPS) is 10.3. The molecule has 0 aliphatic heterocycles. The van der Waals surface area contributed by atoms with Crippen LogP contribution in [-0.2, 0) is 6.42 Å². The maximum atomic E-state index is 13.8. The van der Waals surface area contributed by atoms with E-state index in [1.54, 1.807) is 13.2 Å².